The van der Waals surface area contributed by atoms with Crippen LogP contribution in [0.15, 0.2) is 83.8 Å². The Kier molecular flexibility index (Phi) is 6.07. The second-order valence-electron chi connectivity index (χ2n) is 6.30. The van der Waals surface area contributed by atoms with Crippen molar-refractivity contribution < 1.29 is 23.1 Å². The molecule has 0 radical (unpaired) electrons. The highest BCUT2D eigenvalue weighted by molar-refractivity contribution is 7.92. The number of rotatable bonds is 8. The Balaban J connectivity index is 2.12. The number of sulfonamides is 1. The highest BCUT2D eigenvalue weighted by Gasteiger charge is 2.32. The van der Waals surface area contributed by atoms with Gasteiger partial charge in [0.2, 0.25) is 0 Å². The van der Waals surface area contributed by atoms with Crippen molar-refractivity contribution in [2.45, 2.75) is 4.90 Å². The average molecular weight is 441 g/mol. The lowest BCUT2D eigenvalue weighted by Gasteiger charge is -2.23. The van der Waals surface area contributed by atoms with E-state index in [2.05, 4.69) is 0 Å². The molecule has 0 atom stereocenters. The third-order valence-electron chi connectivity index (χ3n) is 4.37. The molecule has 158 valence electrons. The normalized spacial score (nSPS) is 11.0. The van der Waals surface area contributed by atoms with Crippen LogP contribution in [-0.4, -0.2) is 30.6 Å². The fourth-order valence-electron chi connectivity index (χ4n) is 2.84. The minimum absolute atomic E-state index is 0.227. The standard InChI is InChI=1S/C20H15N3O7S/c24-20(15-6-2-1-3-7-15)14-21(18-8-4-5-9-19(18)23(27)28)31(29,30)17-12-10-16(11-13-17)22(25)26/h1-13H,14H2. The zero-order valence-electron chi connectivity index (χ0n) is 15.8. The quantitative estimate of drug-likeness (QED) is 0.295. The molecule has 0 aromatic heterocycles. The molecule has 10 nitrogen and oxygen atoms in total. The van der Waals surface area contributed by atoms with E-state index in [0.29, 0.717) is 4.31 Å². The molecule has 0 aliphatic heterocycles. The minimum Gasteiger partial charge on any atom is -0.292 e. The lowest BCUT2D eigenvalue weighted by Crippen LogP contribution is -2.36. The number of ketones is 1. The lowest BCUT2D eigenvalue weighted by molar-refractivity contribution is -0.384. The molecule has 0 bridgehead atoms. The van der Waals surface area contributed by atoms with Crippen LogP contribution in [0, 0.1) is 20.2 Å². The number of carbonyl (C=O) groups is 1. The van der Waals surface area contributed by atoms with Crippen molar-refractivity contribution in [3.63, 3.8) is 0 Å². The third-order valence-corrected chi connectivity index (χ3v) is 6.14. The molecule has 0 aliphatic carbocycles. The van der Waals surface area contributed by atoms with E-state index < -0.39 is 37.9 Å². The number of benzene rings is 3. The van der Waals surface area contributed by atoms with E-state index in [-0.39, 0.29) is 21.8 Å². The number of carbonyl (C=O) groups excluding carboxylic acids is 1. The lowest BCUT2D eigenvalue weighted by atomic mass is 10.1. The first-order valence-corrected chi connectivity index (χ1v) is 10.2. The summed E-state index contributed by atoms with van der Waals surface area (Å²) in [6.45, 7) is -0.700. The number of nitrogens with zero attached hydrogens (tertiary/aromatic N) is 3. The van der Waals surface area contributed by atoms with Crippen molar-refractivity contribution in [3.05, 3.63) is 105 Å². The first kappa shape index (κ1) is 21.6. The maximum absolute atomic E-state index is 13.3. The Morgan fingerprint density at radius 3 is 1.97 bits per heavy atom. The molecule has 0 aliphatic rings. The zero-order valence-corrected chi connectivity index (χ0v) is 16.6. The van der Waals surface area contributed by atoms with E-state index in [1.54, 1.807) is 18.2 Å². The van der Waals surface area contributed by atoms with E-state index >= 15 is 0 Å². The van der Waals surface area contributed by atoms with Crippen molar-refractivity contribution in [2.24, 2.45) is 0 Å². The second kappa shape index (κ2) is 8.71. The zero-order chi connectivity index (χ0) is 22.6. The van der Waals surface area contributed by atoms with Gasteiger partial charge in [-0.25, -0.2) is 8.42 Å². The molecule has 0 N–H and O–H groups in total. The van der Waals surface area contributed by atoms with Crippen molar-refractivity contribution in [1.29, 1.82) is 0 Å². The van der Waals surface area contributed by atoms with Gasteiger partial charge in [0.05, 0.1) is 21.3 Å². The summed E-state index contributed by atoms with van der Waals surface area (Å²) < 4.78 is 27.3. The fourth-order valence-corrected chi connectivity index (χ4v) is 4.28. The molecule has 0 saturated heterocycles. The maximum atomic E-state index is 13.3. The first-order valence-electron chi connectivity index (χ1n) is 8.80. The van der Waals surface area contributed by atoms with Gasteiger partial charge in [-0.05, 0) is 18.2 Å². The number of para-hydroxylation sites is 2. The van der Waals surface area contributed by atoms with Crippen LogP contribution in [0.4, 0.5) is 17.1 Å². The molecule has 0 amide bonds. The van der Waals surface area contributed by atoms with Crippen LogP contribution in [0.2, 0.25) is 0 Å². The fraction of sp³-hybridized carbons (Fsp3) is 0.0500. The molecule has 0 heterocycles. The van der Waals surface area contributed by atoms with Gasteiger partial charge in [-0.3, -0.25) is 29.3 Å². The summed E-state index contributed by atoms with van der Waals surface area (Å²) in [6, 6.07) is 17.1. The molecule has 3 aromatic carbocycles. The van der Waals surface area contributed by atoms with Crippen LogP contribution in [-0.2, 0) is 10.0 Å². The molecule has 3 aromatic rings. The Labute approximate surface area is 176 Å². The van der Waals surface area contributed by atoms with Crippen molar-refractivity contribution in [2.75, 3.05) is 10.8 Å². The smallest absolute Gasteiger partial charge is 0.292 e. The first-order chi connectivity index (χ1) is 14.7. The summed E-state index contributed by atoms with van der Waals surface area (Å²) in [4.78, 5) is 33.3. The average Bonchev–Trinajstić information content (AvgIpc) is 2.77. The largest absolute Gasteiger partial charge is 0.293 e. The van der Waals surface area contributed by atoms with Crippen LogP contribution in [0.25, 0.3) is 0 Å². The molecule has 11 heteroatoms. The minimum atomic E-state index is -4.47. The Bertz CT molecular complexity index is 1240. The van der Waals surface area contributed by atoms with Gasteiger partial charge >= 0.3 is 0 Å². The number of nitro groups is 2. The van der Waals surface area contributed by atoms with Gasteiger partial charge in [-0.15, -0.1) is 0 Å². The van der Waals surface area contributed by atoms with Gasteiger partial charge in [0.25, 0.3) is 21.4 Å². The predicted molar refractivity (Wildman–Crippen MR) is 111 cm³/mol. The van der Waals surface area contributed by atoms with Gasteiger partial charge in [-0.1, -0.05) is 42.5 Å². The molecular weight excluding hydrogens is 426 g/mol. The van der Waals surface area contributed by atoms with E-state index in [0.717, 1.165) is 30.3 Å². The van der Waals surface area contributed by atoms with Crippen LogP contribution >= 0.6 is 0 Å². The topological polar surface area (TPSA) is 141 Å². The predicted octanol–water partition coefficient (Wildman–Crippen LogP) is 3.58. The van der Waals surface area contributed by atoms with Gasteiger partial charge in [0.15, 0.2) is 5.78 Å². The summed E-state index contributed by atoms with van der Waals surface area (Å²) in [7, 11) is -4.47. The molecule has 0 unspecified atom stereocenters. The Morgan fingerprint density at radius 2 is 1.39 bits per heavy atom. The summed E-state index contributed by atoms with van der Waals surface area (Å²) in [5.74, 6) is -0.579. The van der Waals surface area contributed by atoms with Crippen LogP contribution in [0.3, 0.4) is 0 Å². The van der Waals surface area contributed by atoms with E-state index in [1.165, 1.54) is 30.3 Å². The SMILES string of the molecule is O=C(CN(c1ccccc1[N+](=O)[O-])S(=O)(=O)c1ccc([N+](=O)[O-])cc1)c1ccccc1. The van der Waals surface area contributed by atoms with Gasteiger partial charge in [-0.2, -0.15) is 0 Å². The van der Waals surface area contributed by atoms with E-state index in [1.807, 2.05) is 0 Å². The summed E-state index contributed by atoms with van der Waals surface area (Å²) in [5, 5.41) is 22.4. The number of hydrogen-bond donors (Lipinski definition) is 0. The monoisotopic (exact) mass is 441 g/mol. The van der Waals surface area contributed by atoms with Crippen LogP contribution < -0.4 is 4.31 Å². The molecule has 0 fully saturated rings. The number of non-ortho nitro benzene ring substituents is 1. The molecule has 0 saturated carbocycles. The Morgan fingerprint density at radius 1 is 0.806 bits per heavy atom. The number of anilines is 1. The molecule has 3 rings (SSSR count). The highest BCUT2D eigenvalue weighted by atomic mass is 32.2. The second-order valence-corrected chi connectivity index (χ2v) is 8.16. The summed E-state index contributed by atoms with van der Waals surface area (Å²) >= 11 is 0. The maximum Gasteiger partial charge on any atom is 0.293 e. The van der Waals surface area contributed by atoms with Crippen molar-refractivity contribution in [3.8, 4) is 0 Å². The molecular formula is C20H15N3O7S. The van der Waals surface area contributed by atoms with E-state index in [4.69, 9.17) is 0 Å². The van der Waals surface area contributed by atoms with Gasteiger partial charge < -0.3 is 0 Å². The molecule has 0 spiro atoms. The van der Waals surface area contributed by atoms with Crippen molar-refractivity contribution >= 4 is 32.9 Å². The van der Waals surface area contributed by atoms with Crippen molar-refractivity contribution in [1.82, 2.24) is 0 Å². The van der Waals surface area contributed by atoms with Gasteiger partial charge in [0, 0.05) is 23.8 Å². The number of hydrogen-bond acceptors (Lipinski definition) is 7. The summed E-state index contributed by atoms with van der Waals surface area (Å²) in [5.41, 5.74) is -0.898. The van der Waals surface area contributed by atoms with Gasteiger partial charge in [0.1, 0.15) is 5.69 Å². The van der Waals surface area contributed by atoms with Crippen LogP contribution in [0.1, 0.15) is 10.4 Å². The third kappa shape index (κ3) is 4.56. The van der Waals surface area contributed by atoms with Crippen LogP contribution in [0.5, 0.6) is 0 Å². The number of Topliss-reactive ketones (excluding diaryl/α,β-unsaturated/α-hetero) is 1. The summed E-state index contributed by atoms with van der Waals surface area (Å²) in [6.07, 6.45) is 0. The highest BCUT2D eigenvalue weighted by Crippen LogP contribution is 2.32. The molecule has 31 heavy (non-hydrogen) atoms. The Hall–Kier alpha value is -4.12. The number of nitro benzene ring substituents is 2. The van der Waals surface area contributed by atoms with E-state index in [9.17, 15) is 33.4 Å².